The van der Waals surface area contributed by atoms with Crippen LogP contribution >= 0.6 is 11.6 Å². The Morgan fingerprint density at radius 2 is 1.78 bits per heavy atom. The first-order chi connectivity index (χ1) is 17.3. The fourth-order valence-corrected chi connectivity index (χ4v) is 4.77. The molecule has 1 unspecified atom stereocenters. The maximum Gasteiger partial charge on any atom is 0.295 e. The van der Waals surface area contributed by atoms with Gasteiger partial charge in [-0.2, -0.15) is 0 Å². The van der Waals surface area contributed by atoms with Gasteiger partial charge >= 0.3 is 0 Å². The van der Waals surface area contributed by atoms with Crippen molar-refractivity contribution < 1.29 is 18.7 Å². The number of rotatable bonds is 6. The number of benzene rings is 3. The summed E-state index contributed by atoms with van der Waals surface area (Å²) in [4.78, 5) is 29.2. The second-order valence-electron chi connectivity index (χ2n) is 8.67. The molecule has 1 aliphatic rings. The van der Waals surface area contributed by atoms with Gasteiger partial charge in [-0.15, -0.1) is 0 Å². The topological polar surface area (TPSA) is 69.0 Å². The van der Waals surface area contributed by atoms with E-state index in [9.17, 15) is 9.59 Å². The van der Waals surface area contributed by atoms with E-state index >= 15 is 0 Å². The van der Waals surface area contributed by atoms with E-state index in [-0.39, 0.29) is 11.2 Å². The van der Waals surface area contributed by atoms with Crippen LogP contribution in [0.15, 0.2) is 76.5 Å². The van der Waals surface area contributed by atoms with Gasteiger partial charge in [0.15, 0.2) is 5.43 Å². The van der Waals surface area contributed by atoms with Crippen LogP contribution in [0.25, 0.3) is 11.0 Å². The van der Waals surface area contributed by atoms with Crippen LogP contribution in [-0.4, -0.2) is 19.6 Å². The standard InChI is InChI=1S/C29H24ClNO5/c1-5-12-35-20-9-6-18(7-10-20)26-25-27(32)21-13-16(2)17(3)14-24(21)36-28(25)29(33)31(26)19-8-11-23(34-4)22(30)15-19/h5-11,13-15,26H,1,12H2,2-4H3. The van der Waals surface area contributed by atoms with Crippen LogP contribution in [0.2, 0.25) is 5.02 Å². The summed E-state index contributed by atoms with van der Waals surface area (Å²) in [5.41, 5.74) is 3.64. The van der Waals surface area contributed by atoms with Crippen LogP contribution in [0.3, 0.4) is 0 Å². The molecule has 7 heteroatoms. The molecule has 1 atom stereocenters. The molecule has 0 bridgehead atoms. The third-order valence-electron chi connectivity index (χ3n) is 6.46. The van der Waals surface area contributed by atoms with Crippen molar-refractivity contribution in [1.29, 1.82) is 0 Å². The number of aryl methyl sites for hydroxylation is 2. The molecule has 1 aliphatic heterocycles. The summed E-state index contributed by atoms with van der Waals surface area (Å²) >= 11 is 6.41. The van der Waals surface area contributed by atoms with Crippen molar-refractivity contribution in [1.82, 2.24) is 0 Å². The summed E-state index contributed by atoms with van der Waals surface area (Å²) in [6.07, 6.45) is 1.66. The lowest BCUT2D eigenvalue weighted by Gasteiger charge is -2.26. The van der Waals surface area contributed by atoms with Crippen LogP contribution in [0, 0.1) is 13.8 Å². The molecule has 5 rings (SSSR count). The fraction of sp³-hybridized carbons (Fsp3) is 0.172. The van der Waals surface area contributed by atoms with E-state index in [2.05, 4.69) is 6.58 Å². The maximum atomic E-state index is 13.8. The highest BCUT2D eigenvalue weighted by atomic mass is 35.5. The number of carbonyl (C=O) groups is 1. The van der Waals surface area contributed by atoms with E-state index in [1.165, 1.54) is 7.11 Å². The number of fused-ring (bicyclic) bond motifs is 2. The number of methoxy groups -OCH3 is 1. The number of carbonyl (C=O) groups excluding carboxylic acids is 1. The van der Waals surface area contributed by atoms with Gasteiger partial charge in [0.25, 0.3) is 5.91 Å². The largest absolute Gasteiger partial charge is 0.495 e. The van der Waals surface area contributed by atoms with Crippen molar-refractivity contribution >= 4 is 34.2 Å². The van der Waals surface area contributed by atoms with E-state index in [1.807, 2.05) is 32.0 Å². The Labute approximate surface area is 213 Å². The first-order valence-electron chi connectivity index (χ1n) is 11.4. The molecule has 36 heavy (non-hydrogen) atoms. The van der Waals surface area contributed by atoms with E-state index < -0.39 is 11.9 Å². The molecule has 3 aromatic carbocycles. The summed E-state index contributed by atoms with van der Waals surface area (Å²) in [5.74, 6) is 0.745. The number of hydrogen-bond donors (Lipinski definition) is 0. The van der Waals surface area contributed by atoms with Gasteiger partial charge in [0, 0.05) is 5.69 Å². The third kappa shape index (κ3) is 3.84. The van der Waals surface area contributed by atoms with E-state index in [4.69, 9.17) is 25.5 Å². The molecule has 0 radical (unpaired) electrons. The third-order valence-corrected chi connectivity index (χ3v) is 6.76. The molecule has 4 aromatic rings. The smallest absolute Gasteiger partial charge is 0.295 e. The number of nitrogens with zero attached hydrogens (tertiary/aromatic N) is 1. The van der Waals surface area contributed by atoms with Gasteiger partial charge in [0.2, 0.25) is 5.76 Å². The van der Waals surface area contributed by atoms with Crippen LogP contribution in [0.1, 0.15) is 38.9 Å². The highest BCUT2D eigenvalue weighted by molar-refractivity contribution is 6.32. The molecule has 182 valence electrons. The second-order valence-corrected chi connectivity index (χ2v) is 9.08. The summed E-state index contributed by atoms with van der Waals surface area (Å²) < 4.78 is 17.0. The zero-order valence-electron chi connectivity index (χ0n) is 20.1. The lowest BCUT2D eigenvalue weighted by Crippen LogP contribution is -2.29. The maximum absolute atomic E-state index is 13.8. The average molecular weight is 502 g/mol. The fourth-order valence-electron chi connectivity index (χ4n) is 4.52. The Morgan fingerprint density at radius 3 is 2.44 bits per heavy atom. The van der Waals surface area contributed by atoms with Crippen LogP contribution < -0.4 is 19.8 Å². The van der Waals surface area contributed by atoms with Gasteiger partial charge < -0.3 is 13.9 Å². The Hall–Kier alpha value is -4.03. The summed E-state index contributed by atoms with van der Waals surface area (Å²) in [7, 11) is 1.52. The van der Waals surface area contributed by atoms with Crippen LogP contribution in [-0.2, 0) is 0 Å². The monoisotopic (exact) mass is 501 g/mol. The molecular weight excluding hydrogens is 478 g/mol. The Bertz CT molecular complexity index is 1570. The van der Waals surface area contributed by atoms with Gasteiger partial charge in [-0.3, -0.25) is 14.5 Å². The van der Waals surface area contributed by atoms with Crippen molar-refractivity contribution in [3.63, 3.8) is 0 Å². The highest BCUT2D eigenvalue weighted by Crippen LogP contribution is 2.43. The minimum Gasteiger partial charge on any atom is -0.495 e. The zero-order chi connectivity index (χ0) is 25.6. The van der Waals surface area contributed by atoms with E-state index in [0.717, 1.165) is 16.7 Å². The Balaban J connectivity index is 1.74. The van der Waals surface area contributed by atoms with E-state index in [0.29, 0.717) is 45.3 Å². The molecule has 6 nitrogen and oxygen atoms in total. The molecular formula is C29H24ClNO5. The molecule has 0 N–H and O–H groups in total. The lowest BCUT2D eigenvalue weighted by molar-refractivity contribution is 0.0971. The number of ether oxygens (including phenoxy) is 2. The number of hydrogen-bond acceptors (Lipinski definition) is 5. The van der Waals surface area contributed by atoms with Crippen LogP contribution in [0.5, 0.6) is 11.5 Å². The zero-order valence-corrected chi connectivity index (χ0v) is 20.9. The molecule has 0 aliphatic carbocycles. The predicted octanol–water partition coefficient (Wildman–Crippen LogP) is 6.39. The number of amides is 1. The van der Waals surface area contributed by atoms with Crippen molar-refractivity contribution in [2.75, 3.05) is 18.6 Å². The molecule has 0 saturated heterocycles. The Morgan fingerprint density at radius 1 is 1.06 bits per heavy atom. The lowest BCUT2D eigenvalue weighted by atomic mass is 9.97. The van der Waals surface area contributed by atoms with Crippen molar-refractivity contribution in [2.45, 2.75) is 19.9 Å². The minimum atomic E-state index is -0.715. The summed E-state index contributed by atoms with van der Waals surface area (Å²) in [6, 6.07) is 15.3. The Kier molecular flexibility index (Phi) is 6.06. The molecule has 2 heterocycles. The van der Waals surface area contributed by atoms with Gasteiger partial charge in [-0.05, 0) is 73.0 Å². The number of anilines is 1. The van der Waals surface area contributed by atoms with Crippen molar-refractivity contribution in [2.24, 2.45) is 0 Å². The van der Waals surface area contributed by atoms with Crippen molar-refractivity contribution in [3.05, 3.63) is 111 Å². The highest BCUT2D eigenvalue weighted by Gasteiger charge is 2.43. The first kappa shape index (κ1) is 23.7. The molecule has 1 aromatic heterocycles. The minimum absolute atomic E-state index is 0.0275. The molecule has 1 amide bonds. The quantitative estimate of drug-likeness (QED) is 0.286. The van der Waals surface area contributed by atoms with Gasteiger partial charge in [-0.25, -0.2) is 0 Å². The summed E-state index contributed by atoms with van der Waals surface area (Å²) in [6.45, 7) is 7.92. The average Bonchev–Trinajstić information content (AvgIpc) is 3.16. The predicted molar refractivity (Wildman–Crippen MR) is 141 cm³/mol. The van der Waals surface area contributed by atoms with Gasteiger partial charge in [0.1, 0.15) is 23.7 Å². The molecule has 0 spiro atoms. The SMILES string of the molecule is C=CCOc1ccc(C2c3c(oc4cc(C)c(C)cc4c3=O)C(=O)N2c2ccc(OC)c(Cl)c2)cc1. The van der Waals surface area contributed by atoms with Gasteiger partial charge in [-0.1, -0.05) is 36.4 Å². The second kappa shape index (κ2) is 9.21. The molecule has 0 fully saturated rings. The van der Waals surface area contributed by atoms with E-state index in [1.54, 1.807) is 47.4 Å². The van der Waals surface area contributed by atoms with Crippen molar-refractivity contribution in [3.8, 4) is 11.5 Å². The molecule has 0 saturated carbocycles. The number of halogens is 1. The van der Waals surface area contributed by atoms with Gasteiger partial charge in [0.05, 0.1) is 29.1 Å². The van der Waals surface area contributed by atoms with Crippen LogP contribution in [0.4, 0.5) is 5.69 Å². The normalized spacial score (nSPS) is 14.7. The first-order valence-corrected chi connectivity index (χ1v) is 11.8. The summed E-state index contributed by atoms with van der Waals surface area (Å²) in [5, 5.41) is 0.788.